The van der Waals surface area contributed by atoms with Crippen LogP contribution in [0.5, 0.6) is 5.75 Å². The molecule has 0 spiro atoms. The van der Waals surface area contributed by atoms with Crippen LogP contribution in [0.3, 0.4) is 0 Å². The van der Waals surface area contributed by atoms with Crippen LogP contribution in [0.25, 0.3) is 0 Å². The standard InChI is InChI=1S/C14H20O/c1-2-3-5-11-8-9-13-12(10-11)6-4-7-14(13)15/h4,6-7,11,15H,2-3,5,8-10H2,1H3. The number of phenols is 1. The minimum Gasteiger partial charge on any atom is -0.508 e. The molecule has 0 bridgehead atoms. The molecule has 0 heterocycles. The van der Waals surface area contributed by atoms with Crippen molar-refractivity contribution in [1.29, 1.82) is 0 Å². The van der Waals surface area contributed by atoms with Crippen molar-refractivity contribution in [2.24, 2.45) is 5.92 Å². The average Bonchev–Trinajstić information content (AvgIpc) is 2.26. The molecule has 1 aromatic carbocycles. The van der Waals surface area contributed by atoms with Crippen molar-refractivity contribution in [2.75, 3.05) is 0 Å². The number of rotatable bonds is 3. The highest BCUT2D eigenvalue weighted by atomic mass is 16.3. The van der Waals surface area contributed by atoms with Gasteiger partial charge in [0, 0.05) is 0 Å². The fourth-order valence-corrected chi connectivity index (χ4v) is 2.60. The topological polar surface area (TPSA) is 20.2 Å². The first kappa shape index (κ1) is 10.5. The van der Waals surface area contributed by atoms with Crippen LogP contribution < -0.4 is 0 Å². The zero-order chi connectivity index (χ0) is 10.7. The average molecular weight is 204 g/mol. The molecule has 0 aromatic heterocycles. The molecule has 0 saturated heterocycles. The molecular weight excluding hydrogens is 184 g/mol. The Morgan fingerprint density at radius 3 is 3.07 bits per heavy atom. The first-order valence-electron chi connectivity index (χ1n) is 6.11. The summed E-state index contributed by atoms with van der Waals surface area (Å²) in [6, 6.07) is 5.95. The maximum Gasteiger partial charge on any atom is 0.119 e. The van der Waals surface area contributed by atoms with Gasteiger partial charge in [-0.1, -0.05) is 38.3 Å². The van der Waals surface area contributed by atoms with Crippen molar-refractivity contribution in [2.45, 2.75) is 45.4 Å². The van der Waals surface area contributed by atoms with Gasteiger partial charge in [-0.3, -0.25) is 0 Å². The molecule has 1 atom stereocenters. The molecule has 1 aliphatic carbocycles. The van der Waals surface area contributed by atoms with Gasteiger partial charge in [-0.2, -0.15) is 0 Å². The third kappa shape index (κ3) is 2.34. The Hall–Kier alpha value is -0.980. The monoisotopic (exact) mass is 204 g/mol. The van der Waals surface area contributed by atoms with Crippen molar-refractivity contribution < 1.29 is 5.11 Å². The van der Waals surface area contributed by atoms with Crippen LogP contribution in [-0.2, 0) is 12.8 Å². The van der Waals surface area contributed by atoms with Crippen LogP contribution in [0.1, 0.15) is 43.7 Å². The van der Waals surface area contributed by atoms with E-state index in [0.717, 1.165) is 12.3 Å². The summed E-state index contributed by atoms with van der Waals surface area (Å²) in [6.07, 6.45) is 7.48. The van der Waals surface area contributed by atoms with Crippen LogP contribution in [0.15, 0.2) is 18.2 Å². The van der Waals surface area contributed by atoms with Gasteiger partial charge in [-0.05, 0) is 42.4 Å². The van der Waals surface area contributed by atoms with Crippen LogP contribution in [0, 0.1) is 5.92 Å². The second-order valence-corrected chi connectivity index (χ2v) is 4.67. The van der Waals surface area contributed by atoms with Crippen LogP contribution in [0.2, 0.25) is 0 Å². The summed E-state index contributed by atoms with van der Waals surface area (Å²) in [5, 5.41) is 9.72. The third-order valence-corrected chi connectivity index (χ3v) is 3.53. The minimum atomic E-state index is 0.501. The lowest BCUT2D eigenvalue weighted by Gasteiger charge is -2.24. The molecular formula is C14H20O. The number of hydrogen-bond acceptors (Lipinski definition) is 1. The minimum absolute atomic E-state index is 0.501. The van der Waals surface area contributed by atoms with E-state index < -0.39 is 0 Å². The van der Waals surface area contributed by atoms with Crippen molar-refractivity contribution >= 4 is 0 Å². The maximum absolute atomic E-state index is 9.72. The van der Waals surface area contributed by atoms with Gasteiger partial charge in [0.25, 0.3) is 0 Å². The molecule has 0 aliphatic heterocycles. The number of fused-ring (bicyclic) bond motifs is 1. The summed E-state index contributed by atoms with van der Waals surface area (Å²) in [5.41, 5.74) is 2.58. The lowest BCUT2D eigenvalue weighted by atomic mass is 9.81. The van der Waals surface area contributed by atoms with E-state index in [0.29, 0.717) is 5.75 Å². The number of unbranched alkanes of at least 4 members (excludes halogenated alkanes) is 1. The van der Waals surface area contributed by atoms with Crippen LogP contribution in [-0.4, -0.2) is 5.11 Å². The molecule has 1 N–H and O–H groups in total. The fourth-order valence-electron chi connectivity index (χ4n) is 2.60. The van der Waals surface area contributed by atoms with E-state index in [2.05, 4.69) is 13.0 Å². The highest BCUT2D eigenvalue weighted by molar-refractivity contribution is 5.40. The van der Waals surface area contributed by atoms with Crippen LogP contribution in [0.4, 0.5) is 0 Å². The second kappa shape index (κ2) is 4.69. The molecule has 0 saturated carbocycles. The summed E-state index contributed by atoms with van der Waals surface area (Å²) in [7, 11) is 0. The molecule has 1 aromatic rings. The molecule has 82 valence electrons. The molecule has 2 rings (SSSR count). The van der Waals surface area contributed by atoms with E-state index in [1.807, 2.05) is 12.1 Å². The van der Waals surface area contributed by atoms with E-state index in [-0.39, 0.29) is 0 Å². The normalized spacial score (nSPS) is 19.9. The zero-order valence-corrected chi connectivity index (χ0v) is 9.50. The number of hydrogen-bond donors (Lipinski definition) is 1. The SMILES string of the molecule is CCCCC1CCc2c(O)cccc2C1. The molecule has 1 heteroatoms. The lowest BCUT2D eigenvalue weighted by Crippen LogP contribution is -2.14. The van der Waals surface area contributed by atoms with Gasteiger partial charge < -0.3 is 5.11 Å². The van der Waals surface area contributed by atoms with E-state index in [1.54, 1.807) is 0 Å². The second-order valence-electron chi connectivity index (χ2n) is 4.67. The lowest BCUT2D eigenvalue weighted by molar-refractivity contribution is 0.399. The molecule has 0 radical (unpaired) electrons. The van der Waals surface area contributed by atoms with Gasteiger partial charge in [-0.25, -0.2) is 0 Å². The smallest absolute Gasteiger partial charge is 0.119 e. The molecule has 0 fully saturated rings. The Labute approximate surface area is 92.1 Å². The Morgan fingerprint density at radius 1 is 1.40 bits per heavy atom. The van der Waals surface area contributed by atoms with Crippen molar-refractivity contribution in [3.63, 3.8) is 0 Å². The zero-order valence-electron chi connectivity index (χ0n) is 9.50. The Balaban J connectivity index is 2.07. The van der Waals surface area contributed by atoms with E-state index in [9.17, 15) is 5.11 Å². The largest absolute Gasteiger partial charge is 0.508 e. The highest BCUT2D eigenvalue weighted by Gasteiger charge is 2.19. The maximum atomic E-state index is 9.72. The van der Waals surface area contributed by atoms with Gasteiger partial charge in [0.2, 0.25) is 0 Å². The highest BCUT2D eigenvalue weighted by Crippen LogP contribution is 2.33. The number of phenolic OH excluding ortho intramolecular Hbond substituents is 1. The first-order chi connectivity index (χ1) is 7.31. The Bertz CT molecular complexity index is 330. The molecule has 15 heavy (non-hydrogen) atoms. The quantitative estimate of drug-likeness (QED) is 0.796. The summed E-state index contributed by atoms with van der Waals surface area (Å²) in [4.78, 5) is 0. The van der Waals surface area contributed by atoms with Crippen molar-refractivity contribution in [3.05, 3.63) is 29.3 Å². The van der Waals surface area contributed by atoms with Gasteiger partial charge in [0.15, 0.2) is 0 Å². The van der Waals surface area contributed by atoms with Gasteiger partial charge in [-0.15, -0.1) is 0 Å². The van der Waals surface area contributed by atoms with Gasteiger partial charge in [0.1, 0.15) is 5.75 Å². The summed E-state index contributed by atoms with van der Waals surface area (Å²) in [6.45, 7) is 2.25. The van der Waals surface area contributed by atoms with Gasteiger partial charge in [0.05, 0.1) is 0 Å². The van der Waals surface area contributed by atoms with E-state index >= 15 is 0 Å². The summed E-state index contributed by atoms with van der Waals surface area (Å²) >= 11 is 0. The van der Waals surface area contributed by atoms with Crippen molar-refractivity contribution in [3.8, 4) is 5.75 Å². The fraction of sp³-hybridized carbons (Fsp3) is 0.571. The molecule has 1 unspecified atom stereocenters. The molecule has 1 nitrogen and oxygen atoms in total. The third-order valence-electron chi connectivity index (χ3n) is 3.53. The summed E-state index contributed by atoms with van der Waals surface area (Å²) in [5.74, 6) is 1.35. The van der Waals surface area contributed by atoms with Gasteiger partial charge >= 0.3 is 0 Å². The first-order valence-corrected chi connectivity index (χ1v) is 6.11. The number of benzene rings is 1. The predicted octanol–water partition coefficient (Wildman–Crippen LogP) is 3.69. The summed E-state index contributed by atoms with van der Waals surface area (Å²) < 4.78 is 0. The molecule has 0 amide bonds. The van der Waals surface area contributed by atoms with Crippen molar-refractivity contribution in [1.82, 2.24) is 0 Å². The van der Waals surface area contributed by atoms with E-state index in [4.69, 9.17) is 0 Å². The Morgan fingerprint density at radius 2 is 2.27 bits per heavy atom. The molecule has 1 aliphatic rings. The van der Waals surface area contributed by atoms with E-state index in [1.165, 1.54) is 43.2 Å². The predicted molar refractivity (Wildman–Crippen MR) is 63.1 cm³/mol. The number of aromatic hydroxyl groups is 1. The van der Waals surface area contributed by atoms with Crippen LogP contribution >= 0.6 is 0 Å². The Kier molecular flexibility index (Phi) is 3.30.